The minimum Gasteiger partial charge on any atom is -0.323 e. The third-order valence-corrected chi connectivity index (χ3v) is 8.12. The summed E-state index contributed by atoms with van der Waals surface area (Å²) in [6, 6.07) is 13.0. The van der Waals surface area contributed by atoms with Crippen LogP contribution in [0.2, 0.25) is 5.02 Å². The number of rotatable bonds is 5. The Labute approximate surface area is 271 Å². The minimum atomic E-state index is -2.80. The first kappa shape index (κ1) is 31.5. The molecule has 0 spiro atoms. The number of anilines is 1. The monoisotopic (exact) mass is 634 g/mol. The van der Waals surface area contributed by atoms with Crippen molar-refractivity contribution < 1.29 is 13.6 Å². The molecule has 1 amide bonds. The molecule has 226 valence electrons. The first-order valence-corrected chi connectivity index (χ1v) is 14.7. The normalized spacial score (nSPS) is 17.2. The Morgan fingerprint density at radius 1 is 1.09 bits per heavy atom. The molecule has 2 aromatic carbocycles. The molecule has 0 saturated carbocycles. The quantitative estimate of drug-likeness (QED) is 0.288. The molecule has 2 atom stereocenters. The fraction of sp³-hybridized carbons (Fsp3) is 0.267. The fourth-order valence-electron chi connectivity index (χ4n) is 5.57. The average molecular weight is 634 g/mol. The summed E-state index contributed by atoms with van der Waals surface area (Å²) in [5, 5.41) is 13.0. The van der Waals surface area contributed by atoms with Crippen LogP contribution in [-0.4, -0.2) is 63.8 Å². The zero-order valence-electron chi connectivity index (χ0n) is 24.5. The summed E-state index contributed by atoms with van der Waals surface area (Å²) < 4.78 is 30.4. The number of halogens is 3. The highest BCUT2D eigenvalue weighted by molar-refractivity contribution is 6.56. The number of hydrogen-bond acceptors (Lipinski definition) is 6. The van der Waals surface area contributed by atoms with E-state index in [-0.39, 0.29) is 23.1 Å². The Kier molecular flexibility index (Phi) is 8.45. The molecule has 16 heteroatoms. The Bertz CT molecular complexity index is 1990. The van der Waals surface area contributed by atoms with Gasteiger partial charge in [-0.3, -0.25) is 18.8 Å². The van der Waals surface area contributed by atoms with Crippen LogP contribution in [0.15, 0.2) is 72.0 Å². The first-order chi connectivity index (χ1) is 21.9. The van der Waals surface area contributed by atoms with Gasteiger partial charge >= 0.3 is 0 Å². The molecule has 3 aromatic heterocycles. The van der Waals surface area contributed by atoms with E-state index >= 15 is 0 Å². The number of carbonyl (C=O) groups excluding carboxylic acids is 1. The van der Waals surface area contributed by atoms with Gasteiger partial charge < -0.3 is 5.32 Å². The van der Waals surface area contributed by atoms with Crippen LogP contribution in [0.1, 0.15) is 49.9 Å². The average Bonchev–Trinajstić information content (AvgIpc) is 3.67. The summed E-state index contributed by atoms with van der Waals surface area (Å²) in [7, 11) is 18.1. The topological polar surface area (TPSA) is 113 Å². The molecular weight excluding hydrogens is 610 g/mol. The maximum atomic E-state index is 13.8. The van der Waals surface area contributed by atoms with Crippen LogP contribution < -0.4 is 10.9 Å². The van der Waals surface area contributed by atoms with Crippen molar-refractivity contribution >= 4 is 46.7 Å². The number of hydrogen-bond donors (Lipinski definition) is 1. The molecule has 0 fully saturated rings. The van der Waals surface area contributed by atoms with Crippen LogP contribution in [0.5, 0.6) is 0 Å². The number of nitrogens with zero attached hydrogens (tertiary/aromatic N) is 7. The highest BCUT2D eigenvalue weighted by Crippen LogP contribution is 2.35. The van der Waals surface area contributed by atoms with Crippen LogP contribution in [0.25, 0.3) is 28.2 Å². The van der Waals surface area contributed by atoms with Crippen LogP contribution in [0.4, 0.5) is 14.5 Å². The van der Waals surface area contributed by atoms with Gasteiger partial charge in [0.05, 0.1) is 71.1 Å². The van der Waals surface area contributed by atoms with Crippen molar-refractivity contribution in [1.82, 2.24) is 34.3 Å². The zero-order valence-corrected chi connectivity index (χ0v) is 25.3. The van der Waals surface area contributed by atoms with Gasteiger partial charge in [-0.05, 0) is 47.9 Å². The molecule has 1 aliphatic rings. The van der Waals surface area contributed by atoms with E-state index in [1.807, 2.05) is 25.1 Å². The lowest BCUT2D eigenvalue weighted by Gasteiger charge is -2.26. The molecule has 10 nitrogen and oxygen atoms in total. The second-order valence-electron chi connectivity index (χ2n) is 11.2. The Morgan fingerprint density at radius 2 is 1.89 bits per heavy atom. The summed E-state index contributed by atoms with van der Waals surface area (Å²) in [6.45, 7) is 1.82. The first-order valence-electron chi connectivity index (χ1n) is 14.4. The Morgan fingerprint density at radius 3 is 2.61 bits per heavy atom. The van der Waals surface area contributed by atoms with Gasteiger partial charge in [0, 0.05) is 28.1 Å². The molecule has 0 saturated heterocycles. The number of benzene rings is 2. The van der Waals surface area contributed by atoms with Crippen molar-refractivity contribution in [3.8, 4) is 28.2 Å². The van der Waals surface area contributed by atoms with E-state index in [2.05, 4.69) is 25.7 Å². The lowest BCUT2D eigenvalue weighted by atomic mass is 9.49. The molecule has 5 aromatic rings. The zero-order chi connectivity index (χ0) is 32.7. The van der Waals surface area contributed by atoms with Crippen molar-refractivity contribution in [2.75, 3.05) is 5.32 Å². The maximum Gasteiger partial charge on any atom is 0.283 e. The lowest BCUT2D eigenvalue weighted by Crippen LogP contribution is -2.36. The van der Waals surface area contributed by atoms with Crippen molar-refractivity contribution in [3.63, 3.8) is 0 Å². The third-order valence-electron chi connectivity index (χ3n) is 7.89. The van der Waals surface area contributed by atoms with E-state index < -0.39 is 23.4 Å². The van der Waals surface area contributed by atoms with Crippen LogP contribution in [-0.2, 0) is 10.0 Å². The molecule has 4 heterocycles. The number of fused-ring (bicyclic) bond motifs is 4. The molecule has 0 aliphatic carbocycles. The number of amides is 1. The predicted molar refractivity (Wildman–Crippen MR) is 171 cm³/mol. The number of nitrogens with one attached hydrogen (secondary N) is 1. The Balaban J connectivity index is 1.44. The van der Waals surface area contributed by atoms with E-state index in [0.29, 0.717) is 52.5 Å². The van der Waals surface area contributed by atoms with Crippen LogP contribution >= 0.6 is 11.6 Å². The molecule has 0 unspecified atom stereocenters. The van der Waals surface area contributed by atoms with Gasteiger partial charge in [0.2, 0.25) is 5.91 Å². The molecule has 6 rings (SSSR count). The molecule has 2 bridgehead atoms. The van der Waals surface area contributed by atoms with Gasteiger partial charge in [0.25, 0.3) is 12.0 Å². The Hall–Kier alpha value is -4.52. The summed E-state index contributed by atoms with van der Waals surface area (Å²) in [4.78, 5) is 31.5. The highest BCUT2D eigenvalue weighted by Gasteiger charge is 2.26. The number of aromatic nitrogens is 7. The number of alkyl halides is 2. The van der Waals surface area contributed by atoms with E-state index in [0.717, 1.165) is 11.8 Å². The fourth-order valence-corrected chi connectivity index (χ4v) is 5.75. The van der Waals surface area contributed by atoms with Crippen molar-refractivity contribution in [3.05, 3.63) is 93.9 Å². The number of carbonyl (C=O) groups is 1. The van der Waals surface area contributed by atoms with E-state index in [1.165, 1.54) is 32.5 Å². The molecule has 6 radical (unpaired) electrons. The third kappa shape index (κ3) is 6.15. The van der Waals surface area contributed by atoms with Crippen LogP contribution in [0.3, 0.4) is 0 Å². The maximum absolute atomic E-state index is 13.8. The molecule has 1 aliphatic heterocycles. The lowest BCUT2D eigenvalue weighted by molar-refractivity contribution is -0.119. The molecular formula is C30H24B3ClF2N8O2. The predicted octanol–water partition coefficient (Wildman–Crippen LogP) is 4.37. The van der Waals surface area contributed by atoms with Gasteiger partial charge in [-0.2, -0.15) is 5.10 Å². The molecule has 46 heavy (non-hydrogen) atoms. The van der Waals surface area contributed by atoms with Gasteiger partial charge in [0.15, 0.2) is 0 Å². The van der Waals surface area contributed by atoms with Crippen molar-refractivity contribution in [1.29, 1.82) is 0 Å². The van der Waals surface area contributed by atoms with E-state index in [4.69, 9.17) is 35.1 Å². The van der Waals surface area contributed by atoms with Crippen molar-refractivity contribution in [2.24, 2.45) is 5.92 Å². The summed E-state index contributed by atoms with van der Waals surface area (Å²) in [5.41, 5.74) is 2.37. The van der Waals surface area contributed by atoms with Crippen molar-refractivity contribution in [2.45, 2.75) is 43.9 Å². The largest absolute Gasteiger partial charge is 0.323 e. The SMILES string of the molecule is [B]C([B])([B])n1ncc2c1-c1cccc(c1)[C@@H](n1cnc(-c3cc(Cl)ccc3-n3cc(C(F)F)nn3)cc1=O)CCC[C@@H](C)C(=O)N2. The molecule has 1 N–H and O–H groups in total. The van der Waals surface area contributed by atoms with Crippen LogP contribution in [0, 0.1) is 5.92 Å². The smallest absolute Gasteiger partial charge is 0.283 e. The summed E-state index contributed by atoms with van der Waals surface area (Å²) >= 11 is 6.28. The highest BCUT2D eigenvalue weighted by atomic mass is 35.5. The van der Waals surface area contributed by atoms with Gasteiger partial charge in [-0.1, -0.05) is 48.4 Å². The van der Waals surface area contributed by atoms with E-state index in [1.54, 1.807) is 24.3 Å². The second kappa shape index (κ2) is 12.4. The standard InChI is InChI=1S/C30H24B3ClF2N8O2/c1-16-4-2-7-24(17-5-3-6-18(10-17)27-22(39-29(16)46)13-38-44(27)30(31,32)33)42-15-37-21(12-26(42)45)20-11-19(34)8-9-25(20)43-14-23(28(35)36)40-41-43/h3,5-6,8-16,24,28H,2,4,7H2,1H3,(H,39,46)/t16-,24+/m1/s1. The van der Waals surface area contributed by atoms with E-state index in [9.17, 15) is 18.4 Å². The minimum absolute atomic E-state index is 0.209. The summed E-state index contributed by atoms with van der Waals surface area (Å²) in [6.07, 6.45) is 2.88. The van der Waals surface area contributed by atoms with Gasteiger partial charge in [-0.15, -0.1) is 5.10 Å². The van der Waals surface area contributed by atoms with Gasteiger partial charge in [-0.25, -0.2) is 18.4 Å². The summed E-state index contributed by atoms with van der Waals surface area (Å²) in [5.74, 6) is -0.562. The second-order valence-corrected chi connectivity index (χ2v) is 11.7. The van der Waals surface area contributed by atoms with Gasteiger partial charge in [0.1, 0.15) is 5.69 Å².